The molecular weight excluding hydrogens is 392 g/mol. The van der Waals surface area contributed by atoms with E-state index in [9.17, 15) is 14.4 Å². The molecule has 0 aromatic carbocycles. The smallest absolute Gasteiger partial charge is 0.462 e. The van der Waals surface area contributed by atoms with E-state index >= 15 is 0 Å². The van der Waals surface area contributed by atoms with Crippen molar-refractivity contribution < 1.29 is 38.1 Å². The summed E-state index contributed by atoms with van der Waals surface area (Å²) in [6, 6.07) is 0. The van der Waals surface area contributed by atoms with Gasteiger partial charge in [-0.15, -0.1) is 0 Å². The third kappa shape index (κ3) is 9.67. The highest BCUT2D eigenvalue weighted by molar-refractivity contribution is 5.76. The first kappa shape index (κ1) is 26.0. The zero-order chi connectivity index (χ0) is 23.3. The number of rotatable bonds is 5. The van der Waals surface area contributed by atoms with Crippen molar-refractivity contribution in [3.63, 3.8) is 0 Å². The highest BCUT2D eigenvalue weighted by atomic mass is 16.7. The van der Waals surface area contributed by atoms with E-state index in [1.807, 2.05) is 20.8 Å². The number of esters is 1. The van der Waals surface area contributed by atoms with Crippen LogP contribution in [0.5, 0.6) is 0 Å². The Morgan fingerprint density at radius 3 is 1.30 bits per heavy atom. The lowest BCUT2D eigenvalue weighted by Gasteiger charge is -2.35. The van der Waals surface area contributed by atoms with Gasteiger partial charge in [-0.3, -0.25) is 4.79 Å². The van der Waals surface area contributed by atoms with Crippen molar-refractivity contribution in [3.8, 4) is 0 Å². The van der Waals surface area contributed by atoms with E-state index in [2.05, 4.69) is 0 Å². The van der Waals surface area contributed by atoms with Crippen LogP contribution in [0.25, 0.3) is 0 Å². The summed E-state index contributed by atoms with van der Waals surface area (Å²) in [6.07, 6.45) is -1.94. The van der Waals surface area contributed by atoms with E-state index in [-0.39, 0.29) is 12.4 Å². The fourth-order valence-corrected chi connectivity index (χ4v) is 2.73. The fourth-order valence-electron chi connectivity index (χ4n) is 2.73. The van der Waals surface area contributed by atoms with Crippen molar-refractivity contribution in [3.05, 3.63) is 0 Å². The minimum Gasteiger partial charge on any atom is -0.462 e. The average Bonchev–Trinajstić information content (AvgIpc) is 2.50. The topological polar surface area (TPSA) is 97.4 Å². The van der Waals surface area contributed by atoms with E-state index in [0.717, 1.165) is 0 Å². The molecule has 0 aromatic heterocycles. The van der Waals surface area contributed by atoms with Gasteiger partial charge >= 0.3 is 18.3 Å². The molecule has 0 N–H and O–H groups in total. The van der Waals surface area contributed by atoms with Crippen LogP contribution in [0.3, 0.4) is 0 Å². The van der Waals surface area contributed by atoms with Gasteiger partial charge in [0.05, 0.1) is 5.41 Å². The monoisotopic (exact) mass is 430 g/mol. The van der Waals surface area contributed by atoms with Gasteiger partial charge in [0, 0.05) is 19.3 Å². The Labute approximate surface area is 179 Å². The van der Waals surface area contributed by atoms with Gasteiger partial charge in [0.2, 0.25) is 0 Å². The van der Waals surface area contributed by atoms with Crippen LogP contribution in [-0.4, -0.2) is 47.8 Å². The fraction of sp³-hybridized carbons (Fsp3) is 0.864. The lowest BCUT2D eigenvalue weighted by molar-refractivity contribution is -0.166. The molecule has 1 aliphatic carbocycles. The summed E-state index contributed by atoms with van der Waals surface area (Å²) in [6.45, 7) is 15.9. The quantitative estimate of drug-likeness (QED) is 0.436. The molecule has 1 rings (SSSR count). The van der Waals surface area contributed by atoms with Crippen molar-refractivity contribution in [2.24, 2.45) is 5.41 Å². The van der Waals surface area contributed by atoms with Crippen LogP contribution in [0, 0.1) is 5.41 Å². The van der Waals surface area contributed by atoms with Crippen LogP contribution >= 0.6 is 0 Å². The van der Waals surface area contributed by atoms with Crippen LogP contribution in [0.15, 0.2) is 0 Å². The van der Waals surface area contributed by atoms with Gasteiger partial charge in [0.15, 0.2) is 0 Å². The molecule has 174 valence electrons. The molecule has 0 amide bonds. The van der Waals surface area contributed by atoms with Crippen LogP contribution < -0.4 is 0 Å². The molecule has 1 fully saturated rings. The Bertz CT molecular complexity index is 574. The lowest BCUT2D eigenvalue weighted by Crippen LogP contribution is -2.42. The largest absolute Gasteiger partial charge is 0.509 e. The Hall–Kier alpha value is -1.99. The SMILES string of the molecule is CCC(C)(C)C(=O)OC1CC(OC(=O)OC(C)(C)C)CC(OC(=O)OC(C)(C)C)C1. The van der Waals surface area contributed by atoms with Crippen molar-refractivity contribution in [1.29, 1.82) is 0 Å². The summed E-state index contributed by atoms with van der Waals surface area (Å²) in [5.74, 6) is -0.344. The standard InChI is InChI=1S/C22H38O8/c1-10-22(8,9)17(23)26-14-11-15(27-18(24)29-20(2,3)4)13-16(12-14)28-19(25)30-21(5,6)7/h14-16H,10-13H2,1-9H3. The third-order valence-corrected chi connectivity index (χ3v) is 4.59. The minimum atomic E-state index is -0.815. The van der Waals surface area contributed by atoms with Gasteiger partial charge < -0.3 is 23.7 Å². The predicted molar refractivity (Wildman–Crippen MR) is 110 cm³/mol. The molecule has 0 aromatic rings. The minimum absolute atomic E-state index is 0.268. The molecule has 0 heterocycles. The third-order valence-electron chi connectivity index (χ3n) is 4.59. The molecule has 8 heteroatoms. The molecule has 0 radical (unpaired) electrons. The van der Waals surface area contributed by atoms with Gasteiger partial charge in [-0.1, -0.05) is 6.92 Å². The molecule has 30 heavy (non-hydrogen) atoms. The molecule has 1 saturated carbocycles. The number of hydrogen-bond donors (Lipinski definition) is 0. The average molecular weight is 431 g/mol. The summed E-state index contributed by atoms with van der Waals surface area (Å²) in [4.78, 5) is 36.7. The van der Waals surface area contributed by atoms with Crippen molar-refractivity contribution >= 4 is 18.3 Å². The zero-order valence-electron chi connectivity index (χ0n) is 19.8. The van der Waals surface area contributed by atoms with Crippen LogP contribution in [-0.2, 0) is 28.5 Å². The van der Waals surface area contributed by atoms with E-state index in [1.165, 1.54) is 0 Å². The summed E-state index contributed by atoms with van der Waals surface area (Å²) >= 11 is 0. The first-order valence-corrected chi connectivity index (χ1v) is 10.5. The Balaban J connectivity index is 2.86. The van der Waals surface area contributed by atoms with Crippen molar-refractivity contribution in [2.75, 3.05) is 0 Å². The molecule has 1 aliphatic rings. The predicted octanol–water partition coefficient (Wildman–Crippen LogP) is 5.16. The van der Waals surface area contributed by atoms with Gasteiger partial charge in [0.25, 0.3) is 0 Å². The van der Waals surface area contributed by atoms with Crippen LogP contribution in [0.2, 0.25) is 0 Å². The zero-order valence-corrected chi connectivity index (χ0v) is 19.8. The summed E-state index contributed by atoms with van der Waals surface area (Å²) < 4.78 is 26.9. The number of carbonyl (C=O) groups excluding carboxylic acids is 3. The van der Waals surface area contributed by atoms with Gasteiger partial charge in [0.1, 0.15) is 29.5 Å². The maximum atomic E-state index is 12.5. The normalized spacial score (nSPS) is 22.6. The Morgan fingerprint density at radius 1 is 0.667 bits per heavy atom. The first-order valence-electron chi connectivity index (χ1n) is 10.5. The molecule has 2 unspecified atom stereocenters. The van der Waals surface area contributed by atoms with Gasteiger partial charge in [-0.05, 0) is 61.8 Å². The van der Waals surface area contributed by atoms with Crippen LogP contribution in [0.1, 0.15) is 88.0 Å². The molecule has 8 nitrogen and oxygen atoms in total. The van der Waals surface area contributed by atoms with Gasteiger partial charge in [-0.25, -0.2) is 9.59 Å². The maximum Gasteiger partial charge on any atom is 0.509 e. The molecule has 0 aliphatic heterocycles. The first-order chi connectivity index (χ1) is 13.5. The highest BCUT2D eigenvalue weighted by Gasteiger charge is 2.39. The number of hydrogen-bond acceptors (Lipinski definition) is 8. The maximum absolute atomic E-state index is 12.5. The van der Waals surface area contributed by atoms with E-state index in [0.29, 0.717) is 19.3 Å². The van der Waals surface area contributed by atoms with Gasteiger partial charge in [-0.2, -0.15) is 0 Å². The summed E-state index contributed by atoms with van der Waals surface area (Å²) in [7, 11) is 0. The number of ether oxygens (including phenoxy) is 5. The molecule has 2 atom stereocenters. The highest BCUT2D eigenvalue weighted by Crippen LogP contribution is 2.30. The van der Waals surface area contributed by atoms with E-state index < -0.39 is 47.2 Å². The van der Waals surface area contributed by atoms with Crippen molar-refractivity contribution in [2.45, 2.75) is 118 Å². The Morgan fingerprint density at radius 2 is 1.00 bits per heavy atom. The van der Waals surface area contributed by atoms with E-state index in [4.69, 9.17) is 23.7 Å². The molecule has 0 spiro atoms. The molecule has 0 bridgehead atoms. The summed E-state index contributed by atoms with van der Waals surface area (Å²) in [5.41, 5.74) is -2.04. The Kier molecular flexibility index (Phi) is 8.58. The molecular formula is C22H38O8. The van der Waals surface area contributed by atoms with E-state index in [1.54, 1.807) is 41.5 Å². The lowest BCUT2D eigenvalue weighted by atomic mass is 9.89. The van der Waals surface area contributed by atoms with Crippen molar-refractivity contribution in [1.82, 2.24) is 0 Å². The second-order valence-electron chi connectivity index (χ2n) is 10.4. The second kappa shape index (κ2) is 9.88. The second-order valence-corrected chi connectivity index (χ2v) is 10.4. The number of carbonyl (C=O) groups is 3. The van der Waals surface area contributed by atoms with Crippen LogP contribution in [0.4, 0.5) is 9.59 Å². The molecule has 0 saturated heterocycles. The summed E-state index contributed by atoms with van der Waals surface area (Å²) in [5, 5.41) is 0.